The molecule has 2 amide bonds. The molecule has 0 unspecified atom stereocenters. The molecule has 0 saturated carbocycles. The summed E-state index contributed by atoms with van der Waals surface area (Å²) in [5, 5.41) is 4.36. The molecule has 41 heavy (non-hydrogen) atoms. The Morgan fingerprint density at radius 3 is 2.32 bits per heavy atom. The Labute approximate surface area is 235 Å². The van der Waals surface area contributed by atoms with Gasteiger partial charge in [0, 0.05) is 36.6 Å². The van der Waals surface area contributed by atoms with Crippen LogP contribution in [-0.4, -0.2) is 49.2 Å². The van der Waals surface area contributed by atoms with Crippen LogP contribution in [0.3, 0.4) is 0 Å². The Morgan fingerprint density at radius 1 is 1.05 bits per heavy atom. The molecule has 0 atom stereocenters. The Bertz CT molecular complexity index is 1760. The summed E-state index contributed by atoms with van der Waals surface area (Å²) in [5.74, 6) is -2.98. The van der Waals surface area contributed by atoms with Crippen molar-refractivity contribution in [2.75, 3.05) is 29.8 Å². The van der Waals surface area contributed by atoms with Gasteiger partial charge in [-0.1, -0.05) is 13.0 Å². The molecule has 4 aromatic rings. The third-order valence-corrected chi connectivity index (χ3v) is 8.61. The summed E-state index contributed by atoms with van der Waals surface area (Å²) in [6.07, 6.45) is 3.30. The van der Waals surface area contributed by atoms with Crippen molar-refractivity contribution < 1.29 is 31.5 Å². The second kappa shape index (κ2) is 10.5. The van der Waals surface area contributed by atoms with Crippen LogP contribution in [0, 0.1) is 18.6 Å². The van der Waals surface area contributed by atoms with Crippen LogP contribution in [0.25, 0.3) is 11.3 Å². The number of hydrogen-bond donors (Lipinski definition) is 0. The molecule has 0 bridgehead atoms. The minimum atomic E-state index is -3.63. The van der Waals surface area contributed by atoms with Gasteiger partial charge in [0.1, 0.15) is 5.69 Å². The van der Waals surface area contributed by atoms with Crippen molar-refractivity contribution in [1.29, 1.82) is 0 Å². The number of carbonyl (C=O) groups is 1. The van der Waals surface area contributed by atoms with E-state index in [2.05, 4.69) is 10.1 Å². The van der Waals surface area contributed by atoms with E-state index >= 15 is 8.78 Å². The van der Waals surface area contributed by atoms with Crippen molar-refractivity contribution in [3.8, 4) is 22.8 Å². The first kappa shape index (κ1) is 28.0. The number of rotatable bonds is 7. The number of aromatic nitrogens is 3. The number of aryl methyl sites for hydroxylation is 2. The van der Waals surface area contributed by atoms with Gasteiger partial charge in [-0.15, -0.1) is 0 Å². The predicted octanol–water partition coefficient (Wildman–Crippen LogP) is 5.16. The zero-order valence-electron chi connectivity index (χ0n) is 23.0. The number of halogens is 2. The number of sulfone groups is 1. The number of hydrogen-bond acceptors (Lipinski definition) is 7. The molecule has 0 radical (unpaired) electrons. The highest BCUT2D eigenvalue weighted by Crippen LogP contribution is 2.43. The molecular formula is C28H27F2N5O5S. The van der Waals surface area contributed by atoms with E-state index in [-0.39, 0.29) is 34.4 Å². The Morgan fingerprint density at radius 2 is 1.73 bits per heavy atom. The van der Waals surface area contributed by atoms with Crippen molar-refractivity contribution in [1.82, 2.24) is 14.8 Å². The van der Waals surface area contributed by atoms with Crippen molar-refractivity contribution in [3.63, 3.8) is 0 Å². The Hall–Kier alpha value is -4.52. The zero-order chi connectivity index (χ0) is 29.6. The third kappa shape index (κ3) is 4.75. The van der Waals surface area contributed by atoms with Crippen LogP contribution in [0.15, 0.2) is 53.7 Å². The molecule has 3 heterocycles. The lowest BCUT2D eigenvalue weighted by Gasteiger charge is -2.37. The third-order valence-electron chi connectivity index (χ3n) is 6.88. The average Bonchev–Trinajstić information content (AvgIpc) is 3.30. The molecule has 0 saturated heterocycles. The molecule has 5 rings (SSSR count). The van der Waals surface area contributed by atoms with E-state index in [1.54, 1.807) is 30.1 Å². The summed E-state index contributed by atoms with van der Waals surface area (Å²) in [6, 6.07) is 7.75. The van der Waals surface area contributed by atoms with Gasteiger partial charge in [-0.25, -0.2) is 22.0 Å². The smallest absolute Gasteiger partial charge is 0.334 e. The van der Waals surface area contributed by atoms with Crippen LogP contribution < -0.4 is 19.3 Å². The van der Waals surface area contributed by atoms with E-state index in [0.29, 0.717) is 22.6 Å². The van der Waals surface area contributed by atoms with Crippen LogP contribution in [0.5, 0.6) is 11.5 Å². The fourth-order valence-electron chi connectivity index (χ4n) is 4.78. The molecular weight excluding hydrogens is 556 g/mol. The monoisotopic (exact) mass is 583 g/mol. The highest BCUT2D eigenvalue weighted by Gasteiger charge is 2.38. The first-order valence-corrected chi connectivity index (χ1v) is 14.2. The number of anilines is 3. The summed E-state index contributed by atoms with van der Waals surface area (Å²) in [5.41, 5.74) is 2.29. The lowest BCUT2D eigenvalue weighted by atomic mass is 10.1. The average molecular weight is 584 g/mol. The summed E-state index contributed by atoms with van der Waals surface area (Å²) in [4.78, 5) is 20.9. The molecule has 2 aromatic heterocycles. The van der Waals surface area contributed by atoms with Gasteiger partial charge in [-0.05, 0) is 31.2 Å². The molecule has 0 spiro atoms. The summed E-state index contributed by atoms with van der Waals surface area (Å²) < 4.78 is 68.3. The van der Waals surface area contributed by atoms with Crippen LogP contribution in [0.4, 0.5) is 30.6 Å². The topological polar surface area (TPSA) is 107 Å². The zero-order valence-corrected chi connectivity index (χ0v) is 23.8. The van der Waals surface area contributed by atoms with E-state index in [1.807, 2.05) is 6.92 Å². The maximum atomic E-state index is 15.6. The Balaban J connectivity index is 1.75. The van der Waals surface area contributed by atoms with Gasteiger partial charge in [0.05, 0.1) is 54.2 Å². The van der Waals surface area contributed by atoms with Crippen LogP contribution in [0.1, 0.15) is 18.2 Å². The SMILES string of the molecule is CCS(=O)(=O)c1cccc(N2C(=O)N(c3c(F)c(OC)cc(OC)c3F)Cc3cnc(-c4cn(C)nc4C)cc32)c1. The molecule has 1 aliphatic rings. The number of amides is 2. The Kier molecular flexibility index (Phi) is 7.15. The van der Waals surface area contributed by atoms with E-state index < -0.39 is 33.2 Å². The molecule has 0 N–H and O–H groups in total. The number of urea groups is 1. The fraction of sp³-hybridized carbons (Fsp3) is 0.250. The number of ether oxygens (including phenoxy) is 2. The van der Waals surface area contributed by atoms with Crippen molar-refractivity contribution in [2.45, 2.75) is 25.3 Å². The summed E-state index contributed by atoms with van der Waals surface area (Å²) in [6.45, 7) is 3.10. The molecule has 0 fully saturated rings. The second-order valence-electron chi connectivity index (χ2n) is 9.36. The van der Waals surface area contributed by atoms with E-state index in [9.17, 15) is 13.2 Å². The lowest BCUT2D eigenvalue weighted by Crippen LogP contribution is -2.46. The van der Waals surface area contributed by atoms with Gasteiger partial charge in [0.2, 0.25) is 0 Å². The first-order chi connectivity index (χ1) is 19.5. The summed E-state index contributed by atoms with van der Waals surface area (Å²) in [7, 11) is 0.564. The standard InChI is InChI=1S/C28H27F2N5O5S/c1-6-41(37,38)19-9-7-8-18(10-19)35-22-11-21(20-15-33(3)32-16(20)2)31-13-17(22)14-34(28(35)36)27-25(29)23(39-4)12-24(40-5)26(27)30/h7-13,15H,6,14H2,1-5H3. The maximum absolute atomic E-state index is 15.6. The number of fused-ring (bicyclic) bond motifs is 1. The molecule has 10 nitrogen and oxygen atoms in total. The fourth-order valence-corrected chi connectivity index (χ4v) is 5.70. The highest BCUT2D eigenvalue weighted by atomic mass is 32.2. The molecule has 214 valence electrons. The number of carbonyl (C=O) groups excluding carboxylic acids is 1. The number of methoxy groups -OCH3 is 2. The van der Waals surface area contributed by atoms with Crippen molar-refractivity contribution in [3.05, 3.63) is 71.7 Å². The second-order valence-corrected chi connectivity index (χ2v) is 11.6. The molecule has 13 heteroatoms. The summed E-state index contributed by atoms with van der Waals surface area (Å²) >= 11 is 0. The minimum absolute atomic E-state index is 0.00164. The first-order valence-electron chi connectivity index (χ1n) is 12.5. The van der Waals surface area contributed by atoms with E-state index in [0.717, 1.165) is 16.5 Å². The van der Waals surface area contributed by atoms with Gasteiger partial charge in [0.25, 0.3) is 0 Å². The van der Waals surface area contributed by atoms with E-state index in [1.165, 1.54) is 50.4 Å². The van der Waals surface area contributed by atoms with Crippen molar-refractivity contribution in [2.24, 2.45) is 7.05 Å². The van der Waals surface area contributed by atoms with Crippen molar-refractivity contribution >= 4 is 32.9 Å². The largest absolute Gasteiger partial charge is 0.493 e. The minimum Gasteiger partial charge on any atom is -0.493 e. The van der Waals surface area contributed by atoms with Gasteiger partial charge >= 0.3 is 6.03 Å². The van der Waals surface area contributed by atoms with E-state index in [4.69, 9.17) is 9.47 Å². The molecule has 2 aromatic carbocycles. The number of pyridine rings is 1. The lowest BCUT2D eigenvalue weighted by molar-refractivity contribution is 0.251. The quantitative estimate of drug-likeness (QED) is 0.296. The number of benzene rings is 2. The van der Waals surface area contributed by atoms with Gasteiger partial charge < -0.3 is 9.47 Å². The molecule has 1 aliphatic heterocycles. The predicted molar refractivity (Wildman–Crippen MR) is 149 cm³/mol. The highest BCUT2D eigenvalue weighted by molar-refractivity contribution is 7.91. The van der Waals surface area contributed by atoms with Gasteiger partial charge in [-0.3, -0.25) is 19.5 Å². The maximum Gasteiger partial charge on any atom is 0.334 e. The number of nitrogens with zero attached hydrogens (tertiary/aromatic N) is 5. The van der Waals surface area contributed by atoms with Crippen LogP contribution in [0.2, 0.25) is 0 Å². The van der Waals surface area contributed by atoms with Crippen LogP contribution >= 0.6 is 0 Å². The van der Waals surface area contributed by atoms with Crippen LogP contribution in [-0.2, 0) is 23.4 Å². The normalized spacial score (nSPS) is 13.4. The molecule has 0 aliphatic carbocycles. The van der Waals surface area contributed by atoms with Gasteiger partial charge in [-0.2, -0.15) is 5.10 Å². The van der Waals surface area contributed by atoms with Gasteiger partial charge in [0.15, 0.2) is 33.0 Å².